The summed E-state index contributed by atoms with van der Waals surface area (Å²) in [6.07, 6.45) is 7.54. The van der Waals surface area contributed by atoms with Crippen molar-refractivity contribution in [1.29, 1.82) is 0 Å². The summed E-state index contributed by atoms with van der Waals surface area (Å²) in [5.41, 5.74) is 0.843. The van der Waals surface area contributed by atoms with Crippen molar-refractivity contribution in [1.82, 2.24) is 14.5 Å². The summed E-state index contributed by atoms with van der Waals surface area (Å²) in [6, 6.07) is 8.69. The Morgan fingerprint density at radius 3 is 2.41 bits per heavy atom. The van der Waals surface area contributed by atoms with E-state index < -0.39 is 10.0 Å². The SMILES string of the molecule is CC1CCC(NS(=O)(=O)c2ccc(-n3cccn3)cc2)CC1. The van der Waals surface area contributed by atoms with Crippen LogP contribution in [-0.4, -0.2) is 24.2 Å². The van der Waals surface area contributed by atoms with Gasteiger partial charge < -0.3 is 0 Å². The van der Waals surface area contributed by atoms with Gasteiger partial charge in [-0.05, 0) is 61.9 Å². The lowest BCUT2D eigenvalue weighted by atomic mass is 9.88. The third-order valence-electron chi connectivity index (χ3n) is 4.25. The number of hydrogen-bond acceptors (Lipinski definition) is 3. The summed E-state index contributed by atoms with van der Waals surface area (Å²) in [4.78, 5) is 0.307. The van der Waals surface area contributed by atoms with Gasteiger partial charge in [-0.25, -0.2) is 17.8 Å². The van der Waals surface area contributed by atoms with E-state index in [1.54, 1.807) is 35.1 Å². The van der Waals surface area contributed by atoms with Gasteiger partial charge in [0.2, 0.25) is 10.0 Å². The molecule has 1 N–H and O–H groups in total. The molecule has 6 heteroatoms. The molecule has 0 atom stereocenters. The first-order valence-corrected chi connectivity index (χ1v) is 9.15. The Labute approximate surface area is 131 Å². The largest absolute Gasteiger partial charge is 0.241 e. The van der Waals surface area contributed by atoms with Crippen molar-refractivity contribution in [3.8, 4) is 5.69 Å². The molecular weight excluding hydrogens is 298 g/mol. The fraction of sp³-hybridized carbons (Fsp3) is 0.438. The van der Waals surface area contributed by atoms with Gasteiger partial charge in [-0.2, -0.15) is 5.10 Å². The lowest BCUT2D eigenvalue weighted by Gasteiger charge is -2.26. The molecule has 2 aromatic rings. The molecule has 5 nitrogen and oxygen atoms in total. The van der Waals surface area contributed by atoms with Crippen molar-refractivity contribution >= 4 is 10.0 Å². The molecule has 1 aromatic carbocycles. The number of rotatable bonds is 4. The molecule has 22 heavy (non-hydrogen) atoms. The van der Waals surface area contributed by atoms with Gasteiger partial charge in [0.05, 0.1) is 10.6 Å². The molecule has 1 fully saturated rings. The highest BCUT2D eigenvalue weighted by Gasteiger charge is 2.24. The Bertz CT molecular complexity index is 700. The lowest BCUT2D eigenvalue weighted by molar-refractivity contribution is 0.332. The van der Waals surface area contributed by atoms with Crippen LogP contribution in [0.15, 0.2) is 47.6 Å². The Morgan fingerprint density at radius 2 is 1.82 bits per heavy atom. The van der Waals surface area contributed by atoms with Gasteiger partial charge in [-0.1, -0.05) is 6.92 Å². The number of nitrogens with one attached hydrogen (secondary N) is 1. The van der Waals surface area contributed by atoms with E-state index in [9.17, 15) is 8.42 Å². The van der Waals surface area contributed by atoms with E-state index in [4.69, 9.17) is 0 Å². The first-order valence-electron chi connectivity index (χ1n) is 7.67. The summed E-state index contributed by atoms with van der Waals surface area (Å²) in [5, 5.41) is 4.13. The van der Waals surface area contributed by atoms with Crippen molar-refractivity contribution in [2.45, 2.75) is 43.5 Å². The zero-order valence-corrected chi connectivity index (χ0v) is 13.5. The molecule has 0 saturated heterocycles. The Hall–Kier alpha value is -1.66. The van der Waals surface area contributed by atoms with Crippen LogP contribution in [0.1, 0.15) is 32.6 Å². The second kappa shape index (κ2) is 6.22. The molecule has 0 radical (unpaired) electrons. The molecule has 1 saturated carbocycles. The van der Waals surface area contributed by atoms with Gasteiger partial charge in [-0.3, -0.25) is 0 Å². The van der Waals surface area contributed by atoms with Crippen molar-refractivity contribution in [3.05, 3.63) is 42.7 Å². The number of sulfonamides is 1. The van der Waals surface area contributed by atoms with Crippen LogP contribution in [0.25, 0.3) is 5.69 Å². The van der Waals surface area contributed by atoms with E-state index in [2.05, 4.69) is 16.7 Å². The maximum atomic E-state index is 12.4. The molecule has 1 aliphatic rings. The third kappa shape index (κ3) is 3.39. The summed E-state index contributed by atoms with van der Waals surface area (Å²) in [5.74, 6) is 0.703. The molecule has 0 unspecified atom stereocenters. The molecule has 3 rings (SSSR count). The van der Waals surface area contributed by atoms with Crippen molar-refractivity contribution in [2.24, 2.45) is 5.92 Å². The van der Waals surface area contributed by atoms with Crippen LogP contribution in [-0.2, 0) is 10.0 Å². The van der Waals surface area contributed by atoms with Crippen LogP contribution in [0.4, 0.5) is 0 Å². The van der Waals surface area contributed by atoms with Gasteiger partial charge >= 0.3 is 0 Å². The van der Waals surface area contributed by atoms with Gasteiger partial charge in [-0.15, -0.1) is 0 Å². The summed E-state index contributed by atoms with van der Waals surface area (Å²) in [6.45, 7) is 2.22. The van der Waals surface area contributed by atoms with Gasteiger partial charge in [0, 0.05) is 18.4 Å². The highest BCUT2D eigenvalue weighted by Crippen LogP contribution is 2.25. The quantitative estimate of drug-likeness (QED) is 0.942. The van der Waals surface area contributed by atoms with Crippen LogP contribution in [0.2, 0.25) is 0 Å². The monoisotopic (exact) mass is 319 g/mol. The Balaban J connectivity index is 1.72. The van der Waals surface area contributed by atoms with Gasteiger partial charge in [0.25, 0.3) is 0 Å². The predicted octanol–water partition coefficient (Wildman–Crippen LogP) is 2.73. The standard InChI is InChI=1S/C16H21N3O2S/c1-13-3-5-14(6-4-13)18-22(20,21)16-9-7-15(8-10-16)19-12-2-11-17-19/h2,7-14,18H,3-6H2,1H3. The first kappa shape index (κ1) is 15.2. The van der Waals surface area contributed by atoms with Crippen molar-refractivity contribution in [2.75, 3.05) is 0 Å². The fourth-order valence-corrected chi connectivity index (χ4v) is 4.17. The topological polar surface area (TPSA) is 64.0 Å². The molecule has 1 aromatic heterocycles. The minimum atomic E-state index is -3.44. The normalized spacial score (nSPS) is 22.6. The molecule has 1 aliphatic carbocycles. The Kier molecular flexibility index (Phi) is 4.31. The number of benzene rings is 1. The summed E-state index contributed by atoms with van der Waals surface area (Å²) < 4.78 is 29.4. The number of aromatic nitrogens is 2. The average molecular weight is 319 g/mol. The van der Waals surface area contributed by atoms with E-state index in [1.165, 1.54) is 0 Å². The second-order valence-corrected chi connectivity index (χ2v) is 7.74. The van der Waals surface area contributed by atoms with Gasteiger partial charge in [0.1, 0.15) is 0 Å². The second-order valence-electron chi connectivity index (χ2n) is 6.02. The molecule has 0 aliphatic heterocycles. The molecule has 0 bridgehead atoms. The molecule has 0 amide bonds. The zero-order valence-electron chi connectivity index (χ0n) is 12.6. The summed E-state index contributed by atoms with van der Waals surface area (Å²) in [7, 11) is -3.44. The number of hydrogen-bond donors (Lipinski definition) is 1. The maximum Gasteiger partial charge on any atom is 0.240 e. The van der Waals surface area contributed by atoms with Gasteiger partial charge in [0.15, 0.2) is 0 Å². The van der Waals surface area contributed by atoms with Crippen LogP contribution in [0, 0.1) is 5.92 Å². The third-order valence-corrected chi connectivity index (χ3v) is 5.79. The van der Waals surface area contributed by atoms with E-state index in [1.807, 2.05) is 12.3 Å². The average Bonchev–Trinajstić information content (AvgIpc) is 3.04. The van der Waals surface area contributed by atoms with E-state index in [0.717, 1.165) is 31.4 Å². The van der Waals surface area contributed by atoms with Crippen molar-refractivity contribution < 1.29 is 8.42 Å². The van der Waals surface area contributed by atoms with Crippen LogP contribution in [0.5, 0.6) is 0 Å². The van der Waals surface area contributed by atoms with Crippen LogP contribution < -0.4 is 4.72 Å². The van der Waals surface area contributed by atoms with Crippen LogP contribution >= 0.6 is 0 Å². The predicted molar refractivity (Wildman–Crippen MR) is 85.3 cm³/mol. The Morgan fingerprint density at radius 1 is 1.14 bits per heavy atom. The smallest absolute Gasteiger partial charge is 0.240 e. The lowest BCUT2D eigenvalue weighted by Crippen LogP contribution is -2.37. The minimum Gasteiger partial charge on any atom is -0.241 e. The van der Waals surface area contributed by atoms with Crippen LogP contribution in [0.3, 0.4) is 0 Å². The molecule has 118 valence electrons. The maximum absolute atomic E-state index is 12.4. The highest BCUT2D eigenvalue weighted by atomic mass is 32.2. The van der Waals surface area contributed by atoms with E-state index in [-0.39, 0.29) is 6.04 Å². The zero-order chi connectivity index (χ0) is 15.6. The molecule has 1 heterocycles. The minimum absolute atomic E-state index is 0.0620. The fourth-order valence-electron chi connectivity index (χ4n) is 2.86. The van der Waals surface area contributed by atoms with E-state index >= 15 is 0 Å². The highest BCUT2D eigenvalue weighted by molar-refractivity contribution is 7.89. The molecule has 0 spiro atoms. The molecular formula is C16H21N3O2S. The summed E-state index contributed by atoms with van der Waals surface area (Å²) >= 11 is 0. The first-order chi connectivity index (χ1) is 10.5. The number of nitrogens with zero attached hydrogens (tertiary/aromatic N) is 2. The van der Waals surface area contributed by atoms with Crippen molar-refractivity contribution in [3.63, 3.8) is 0 Å². The van der Waals surface area contributed by atoms with E-state index in [0.29, 0.717) is 10.8 Å².